The van der Waals surface area contributed by atoms with Gasteiger partial charge in [0.05, 0.1) is 5.52 Å². The molecule has 0 aliphatic rings. The van der Waals surface area contributed by atoms with Crippen LogP contribution in [-0.4, -0.2) is 9.55 Å². The number of hydrogen-bond donors (Lipinski definition) is 0. The number of aromatic nitrogens is 2. The fraction of sp³-hybridized carbons (Fsp3) is 0.0333. The van der Waals surface area contributed by atoms with Gasteiger partial charge in [0.1, 0.15) is 17.0 Å². The molecule has 6 aromatic rings. The van der Waals surface area contributed by atoms with Crippen LogP contribution in [0.4, 0.5) is 0 Å². The van der Waals surface area contributed by atoms with Crippen LogP contribution in [0.5, 0.6) is 0 Å². The number of allylic oxidation sites excluding steroid dienone is 2. The Hall–Kier alpha value is -4.55. The lowest BCUT2D eigenvalue weighted by Crippen LogP contribution is -1.98. The number of hydrogen-bond acceptors (Lipinski definition) is 2. The molecule has 0 bridgehead atoms. The van der Waals surface area contributed by atoms with Gasteiger partial charge >= 0.3 is 0 Å². The summed E-state index contributed by atoms with van der Waals surface area (Å²) in [6.07, 6.45) is 5.92. The SMILES string of the molecule is C=C/C(=C\c1c(C)n(-c2ccccn2)c2cc#ccc12)c1ccc2oc3ccccc3c2c1. The molecule has 0 atom stereocenters. The molecule has 3 aromatic carbocycles. The van der Waals surface area contributed by atoms with Crippen molar-refractivity contribution in [3.8, 4) is 5.82 Å². The average molecular weight is 425 g/mol. The second-order valence-corrected chi connectivity index (χ2v) is 8.01. The highest BCUT2D eigenvalue weighted by Crippen LogP contribution is 2.34. The summed E-state index contributed by atoms with van der Waals surface area (Å²) in [6, 6.07) is 30.5. The summed E-state index contributed by atoms with van der Waals surface area (Å²) in [5.41, 5.74) is 7.19. The van der Waals surface area contributed by atoms with Crippen LogP contribution in [0.1, 0.15) is 16.8 Å². The molecule has 3 aromatic heterocycles. The van der Waals surface area contributed by atoms with Crippen molar-refractivity contribution >= 4 is 44.5 Å². The van der Waals surface area contributed by atoms with Crippen LogP contribution in [0, 0.1) is 19.1 Å². The maximum atomic E-state index is 6.01. The molecule has 0 radical (unpaired) electrons. The number of fused-ring (bicyclic) bond motifs is 4. The summed E-state index contributed by atoms with van der Waals surface area (Å²) in [6.45, 7) is 6.23. The van der Waals surface area contributed by atoms with Gasteiger partial charge in [-0.25, -0.2) is 4.98 Å². The van der Waals surface area contributed by atoms with Gasteiger partial charge in [0.2, 0.25) is 0 Å². The van der Waals surface area contributed by atoms with Gasteiger partial charge in [-0.1, -0.05) is 55.1 Å². The maximum absolute atomic E-state index is 6.01. The van der Waals surface area contributed by atoms with E-state index in [9.17, 15) is 0 Å². The van der Waals surface area contributed by atoms with E-state index in [1.807, 2.05) is 66.9 Å². The number of rotatable bonds is 4. The van der Waals surface area contributed by atoms with Gasteiger partial charge in [0.15, 0.2) is 0 Å². The molecule has 3 nitrogen and oxygen atoms in total. The topological polar surface area (TPSA) is 31.0 Å². The molecule has 0 amide bonds. The summed E-state index contributed by atoms with van der Waals surface area (Å²) in [7, 11) is 0. The normalized spacial score (nSPS) is 11.8. The molecule has 6 rings (SSSR count). The van der Waals surface area contributed by atoms with E-state index < -0.39 is 0 Å². The summed E-state index contributed by atoms with van der Waals surface area (Å²) in [5.74, 6) is 0.880. The van der Waals surface area contributed by atoms with Crippen molar-refractivity contribution in [3.05, 3.63) is 121 Å². The van der Waals surface area contributed by atoms with Crippen LogP contribution >= 0.6 is 0 Å². The molecule has 0 N–H and O–H groups in total. The fourth-order valence-corrected chi connectivity index (χ4v) is 4.56. The lowest BCUT2D eigenvalue weighted by atomic mass is 9.99. The van der Waals surface area contributed by atoms with Crippen molar-refractivity contribution in [1.82, 2.24) is 9.55 Å². The van der Waals surface area contributed by atoms with Crippen LogP contribution in [0.3, 0.4) is 0 Å². The summed E-state index contributed by atoms with van der Waals surface area (Å²) >= 11 is 0. The smallest absolute Gasteiger partial charge is 0.137 e. The molecular weight excluding hydrogens is 404 g/mol. The number of benzene rings is 2. The number of furan rings is 1. The zero-order chi connectivity index (χ0) is 22.4. The quantitative estimate of drug-likeness (QED) is 0.273. The Morgan fingerprint density at radius 2 is 1.76 bits per heavy atom. The molecule has 0 aliphatic heterocycles. The molecule has 3 heteroatoms. The minimum absolute atomic E-state index is 0.880. The standard InChI is InChI=1S/C30H20N2O/c1-3-21(22-15-16-29-26(19-22)24-11-5-7-13-28(24)33-29)18-25-20(2)32(30-14-8-9-17-31-30)27-12-6-4-10-23(25)27/h3,5,7-19H,1H2,2H3/b21-18+. The maximum Gasteiger partial charge on any atom is 0.137 e. The third-order valence-corrected chi connectivity index (χ3v) is 6.15. The first kappa shape index (κ1) is 19.2. The van der Waals surface area contributed by atoms with Crippen LogP contribution in [0.2, 0.25) is 0 Å². The third-order valence-electron chi connectivity index (χ3n) is 6.15. The summed E-state index contributed by atoms with van der Waals surface area (Å²) in [5, 5.41) is 3.32. The van der Waals surface area contributed by atoms with Gasteiger partial charge in [-0.3, -0.25) is 4.57 Å². The minimum Gasteiger partial charge on any atom is -0.456 e. The van der Waals surface area contributed by atoms with E-state index >= 15 is 0 Å². The fourth-order valence-electron chi connectivity index (χ4n) is 4.56. The monoisotopic (exact) mass is 424 g/mol. The Balaban J connectivity index is 1.57. The zero-order valence-corrected chi connectivity index (χ0v) is 18.2. The molecule has 3 heterocycles. The van der Waals surface area contributed by atoms with Gasteiger partial charge < -0.3 is 4.42 Å². The van der Waals surface area contributed by atoms with E-state index in [1.165, 1.54) is 0 Å². The lowest BCUT2D eigenvalue weighted by Gasteiger charge is -2.07. The number of nitrogens with zero attached hydrogens (tertiary/aromatic N) is 2. The summed E-state index contributed by atoms with van der Waals surface area (Å²) in [4.78, 5) is 4.58. The molecule has 156 valence electrons. The second kappa shape index (κ2) is 7.55. The first-order chi connectivity index (χ1) is 16.2. The van der Waals surface area contributed by atoms with E-state index in [0.29, 0.717) is 0 Å². The first-order valence-corrected chi connectivity index (χ1v) is 10.8. The molecular formula is C30H20N2O. The van der Waals surface area contributed by atoms with Gasteiger partial charge in [-0.2, -0.15) is 0 Å². The van der Waals surface area contributed by atoms with Gasteiger partial charge in [0.25, 0.3) is 0 Å². The molecule has 0 fully saturated rings. The first-order valence-electron chi connectivity index (χ1n) is 10.8. The highest BCUT2D eigenvalue weighted by Gasteiger charge is 2.15. The van der Waals surface area contributed by atoms with Crippen molar-refractivity contribution < 1.29 is 4.42 Å². The van der Waals surface area contributed by atoms with Crippen molar-refractivity contribution in [2.45, 2.75) is 6.92 Å². The zero-order valence-electron chi connectivity index (χ0n) is 18.2. The van der Waals surface area contributed by atoms with E-state index in [0.717, 1.165) is 61.1 Å². The highest BCUT2D eigenvalue weighted by molar-refractivity contribution is 6.07. The van der Waals surface area contributed by atoms with E-state index in [1.54, 1.807) is 0 Å². The van der Waals surface area contributed by atoms with Crippen molar-refractivity contribution in [2.75, 3.05) is 0 Å². The largest absolute Gasteiger partial charge is 0.456 e. The Bertz CT molecular complexity index is 1680. The van der Waals surface area contributed by atoms with Crippen molar-refractivity contribution in [1.29, 1.82) is 0 Å². The van der Waals surface area contributed by atoms with Crippen LogP contribution in [0.25, 0.3) is 50.3 Å². The molecule has 0 saturated carbocycles. The van der Waals surface area contributed by atoms with Gasteiger partial charge in [-0.15, -0.1) is 0 Å². The van der Waals surface area contributed by atoms with E-state index in [2.05, 4.69) is 59.5 Å². The van der Waals surface area contributed by atoms with Crippen LogP contribution in [-0.2, 0) is 0 Å². The van der Waals surface area contributed by atoms with Gasteiger partial charge in [0, 0.05) is 39.7 Å². The lowest BCUT2D eigenvalue weighted by molar-refractivity contribution is 0.669. The predicted octanol–water partition coefficient (Wildman–Crippen LogP) is 7.56. The molecule has 0 aliphatic carbocycles. The molecule has 0 saturated heterocycles. The molecule has 0 unspecified atom stereocenters. The van der Waals surface area contributed by atoms with E-state index in [4.69, 9.17) is 4.42 Å². The number of pyridine rings is 1. The molecule has 33 heavy (non-hydrogen) atoms. The Kier molecular flexibility index (Phi) is 4.38. The summed E-state index contributed by atoms with van der Waals surface area (Å²) < 4.78 is 8.17. The Morgan fingerprint density at radius 1 is 0.939 bits per heavy atom. The Morgan fingerprint density at radius 3 is 2.61 bits per heavy atom. The van der Waals surface area contributed by atoms with Crippen molar-refractivity contribution in [2.24, 2.45) is 0 Å². The van der Waals surface area contributed by atoms with Crippen molar-refractivity contribution in [3.63, 3.8) is 0 Å². The van der Waals surface area contributed by atoms with E-state index in [-0.39, 0.29) is 0 Å². The third kappa shape index (κ3) is 3.04. The minimum atomic E-state index is 0.880. The van der Waals surface area contributed by atoms with Crippen LogP contribution in [0.15, 0.2) is 96.1 Å². The average Bonchev–Trinajstić information content (AvgIpc) is 3.37. The highest BCUT2D eigenvalue weighted by atomic mass is 16.3. The molecule has 0 spiro atoms. The van der Waals surface area contributed by atoms with Crippen LogP contribution < -0.4 is 0 Å². The number of para-hydroxylation sites is 1. The predicted molar refractivity (Wildman–Crippen MR) is 135 cm³/mol. The Labute approximate surface area is 191 Å². The van der Waals surface area contributed by atoms with Gasteiger partial charge in [-0.05, 0) is 60.5 Å². The second-order valence-electron chi connectivity index (χ2n) is 8.01.